The third-order valence-corrected chi connectivity index (χ3v) is 7.71. The van der Waals surface area contributed by atoms with Crippen LogP contribution in [-0.2, 0) is 0 Å². The number of benzene rings is 5. The minimum atomic E-state index is 1.11. The van der Waals surface area contributed by atoms with Crippen LogP contribution in [0.5, 0.6) is 0 Å². The van der Waals surface area contributed by atoms with Crippen LogP contribution < -0.4 is 0 Å². The molecule has 1 aliphatic carbocycles. The molecule has 0 N–H and O–H groups in total. The number of allylic oxidation sites excluding steroid dienone is 4. The molecule has 0 radical (unpaired) electrons. The second kappa shape index (κ2) is 9.36. The maximum atomic E-state index is 2.42. The van der Waals surface area contributed by atoms with Crippen LogP contribution in [0, 0.1) is 6.92 Å². The Hall–Kier alpha value is -4.62. The van der Waals surface area contributed by atoms with Gasteiger partial charge in [0.15, 0.2) is 0 Å². The molecule has 0 spiro atoms. The molecule has 5 aromatic carbocycles. The maximum absolute atomic E-state index is 2.42. The lowest BCUT2D eigenvalue weighted by Crippen LogP contribution is -1.95. The van der Waals surface area contributed by atoms with Crippen molar-refractivity contribution in [2.24, 2.45) is 0 Å². The van der Waals surface area contributed by atoms with Gasteiger partial charge < -0.3 is 4.57 Å². The molecule has 1 aliphatic rings. The van der Waals surface area contributed by atoms with Crippen molar-refractivity contribution in [2.75, 3.05) is 0 Å². The molecule has 0 unspecified atom stereocenters. The van der Waals surface area contributed by atoms with E-state index < -0.39 is 0 Å². The molecule has 182 valence electrons. The average molecular weight is 488 g/mol. The first-order valence-electron chi connectivity index (χ1n) is 13.4. The van der Waals surface area contributed by atoms with Crippen molar-refractivity contribution in [1.29, 1.82) is 0 Å². The number of nitrogens with zero attached hydrogens (tertiary/aromatic N) is 1. The molecule has 7 rings (SSSR count). The van der Waals surface area contributed by atoms with Gasteiger partial charge in [0.2, 0.25) is 0 Å². The summed E-state index contributed by atoms with van der Waals surface area (Å²) >= 11 is 0. The van der Waals surface area contributed by atoms with E-state index in [-0.39, 0.29) is 0 Å². The SMILES string of the molecule is Cc1ccc(-c2ccc(-c3cccc4c3c3ccccc3n4-c3cccc(C4=CCCC=C4)c3)cc2)cc1. The Balaban J connectivity index is 1.39. The van der Waals surface area contributed by atoms with Crippen molar-refractivity contribution in [3.8, 4) is 27.9 Å². The summed E-state index contributed by atoms with van der Waals surface area (Å²) in [6.45, 7) is 2.13. The summed E-state index contributed by atoms with van der Waals surface area (Å²) in [6.07, 6.45) is 9.12. The molecule has 1 aromatic heterocycles. The van der Waals surface area contributed by atoms with Crippen molar-refractivity contribution in [2.45, 2.75) is 19.8 Å². The molecular formula is C37H29N. The Bertz CT molecular complexity index is 1840. The van der Waals surface area contributed by atoms with Gasteiger partial charge >= 0.3 is 0 Å². The Morgan fingerprint density at radius 2 is 1.29 bits per heavy atom. The third-order valence-electron chi connectivity index (χ3n) is 7.71. The normalized spacial score (nSPS) is 13.2. The van der Waals surface area contributed by atoms with Crippen molar-refractivity contribution >= 4 is 27.4 Å². The summed E-state index contributed by atoms with van der Waals surface area (Å²) in [7, 11) is 0. The van der Waals surface area contributed by atoms with E-state index in [9.17, 15) is 0 Å². The molecule has 0 bridgehead atoms. The molecule has 0 aliphatic heterocycles. The highest BCUT2D eigenvalue weighted by molar-refractivity contribution is 6.15. The number of para-hydroxylation sites is 1. The maximum Gasteiger partial charge on any atom is 0.0547 e. The summed E-state index contributed by atoms with van der Waals surface area (Å²) in [5, 5.41) is 2.58. The lowest BCUT2D eigenvalue weighted by Gasteiger charge is -2.12. The molecule has 1 nitrogen and oxygen atoms in total. The van der Waals surface area contributed by atoms with Crippen LogP contribution in [0.3, 0.4) is 0 Å². The summed E-state index contributed by atoms with van der Waals surface area (Å²) in [5.41, 5.74) is 12.5. The second-order valence-corrected chi connectivity index (χ2v) is 10.2. The first-order chi connectivity index (χ1) is 18.8. The van der Waals surface area contributed by atoms with E-state index in [1.165, 1.54) is 66.4 Å². The fraction of sp³-hybridized carbons (Fsp3) is 0.0811. The topological polar surface area (TPSA) is 4.93 Å². The number of aromatic nitrogens is 1. The summed E-state index contributed by atoms with van der Waals surface area (Å²) in [4.78, 5) is 0. The standard InChI is InChI=1S/C37H29N/c1-26-17-19-28(20-18-26)29-21-23-30(24-22-29)33-14-8-16-36-37(33)34-13-5-6-15-35(34)38(36)32-12-7-11-31(25-32)27-9-3-2-4-10-27/h3,5-25H,2,4H2,1H3. The van der Waals surface area contributed by atoms with Gasteiger partial charge in [-0.25, -0.2) is 0 Å². The monoisotopic (exact) mass is 487 g/mol. The van der Waals surface area contributed by atoms with E-state index in [2.05, 4.69) is 145 Å². The molecule has 0 atom stereocenters. The zero-order valence-corrected chi connectivity index (χ0v) is 21.6. The van der Waals surface area contributed by atoms with Gasteiger partial charge in [0.1, 0.15) is 0 Å². The van der Waals surface area contributed by atoms with Gasteiger partial charge in [-0.05, 0) is 77.4 Å². The van der Waals surface area contributed by atoms with E-state index >= 15 is 0 Å². The Morgan fingerprint density at radius 1 is 0.579 bits per heavy atom. The largest absolute Gasteiger partial charge is 0.309 e. The molecule has 0 fully saturated rings. The van der Waals surface area contributed by atoms with Crippen LogP contribution in [0.1, 0.15) is 24.0 Å². The zero-order chi connectivity index (χ0) is 25.5. The molecule has 1 heteroatoms. The van der Waals surface area contributed by atoms with Crippen LogP contribution in [0.15, 0.2) is 133 Å². The van der Waals surface area contributed by atoms with Gasteiger partial charge in [-0.1, -0.05) is 115 Å². The fourth-order valence-electron chi connectivity index (χ4n) is 5.78. The van der Waals surface area contributed by atoms with Gasteiger partial charge in [0.25, 0.3) is 0 Å². The lowest BCUT2D eigenvalue weighted by atomic mass is 9.96. The predicted molar refractivity (Wildman–Crippen MR) is 163 cm³/mol. The van der Waals surface area contributed by atoms with E-state index in [1.807, 2.05) is 0 Å². The lowest BCUT2D eigenvalue weighted by molar-refractivity contribution is 1.04. The number of hydrogen-bond donors (Lipinski definition) is 0. The summed E-state index contributed by atoms with van der Waals surface area (Å²) < 4.78 is 2.42. The molecule has 1 heterocycles. The minimum Gasteiger partial charge on any atom is -0.309 e. The molecular weight excluding hydrogens is 458 g/mol. The fourth-order valence-corrected chi connectivity index (χ4v) is 5.78. The predicted octanol–water partition coefficient (Wildman–Crippen LogP) is 10.2. The average Bonchev–Trinajstić information content (AvgIpc) is 3.33. The first-order valence-corrected chi connectivity index (χ1v) is 13.4. The van der Waals surface area contributed by atoms with Gasteiger partial charge in [0, 0.05) is 16.5 Å². The smallest absolute Gasteiger partial charge is 0.0547 e. The van der Waals surface area contributed by atoms with Crippen molar-refractivity contribution in [3.63, 3.8) is 0 Å². The second-order valence-electron chi connectivity index (χ2n) is 10.2. The summed E-state index contributed by atoms with van der Waals surface area (Å²) in [6, 6.07) is 42.2. The van der Waals surface area contributed by atoms with Crippen molar-refractivity contribution < 1.29 is 0 Å². The minimum absolute atomic E-state index is 1.11. The molecule has 0 amide bonds. The molecule has 0 saturated carbocycles. The van der Waals surface area contributed by atoms with Crippen LogP contribution >= 0.6 is 0 Å². The third kappa shape index (κ3) is 3.88. The highest BCUT2D eigenvalue weighted by Crippen LogP contribution is 2.39. The van der Waals surface area contributed by atoms with Gasteiger partial charge in [-0.3, -0.25) is 0 Å². The van der Waals surface area contributed by atoms with E-state index in [0.717, 1.165) is 12.8 Å². The van der Waals surface area contributed by atoms with Crippen LogP contribution in [0.25, 0.3) is 55.3 Å². The van der Waals surface area contributed by atoms with E-state index in [1.54, 1.807) is 0 Å². The summed E-state index contributed by atoms with van der Waals surface area (Å²) in [5.74, 6) is 0. The highest BCUT2D eigenvalue weighted by atomic mass is 15.0. The van der Waals surface area contributed by atoms with Crippen LogP contribution in [0.4, 0.5) is 0 Å². The quantitative estimate of drug-likeness (QED) is 0.233. The number of hydrogen-bond acceptors (Lipinski definition) is 0. The number of aryl methyl sites for hydroxylation is 1. The number of rotatable bonds is 4. The van der Waals surface area contributed by atoms with Crippen LogP contribution in [-0.4, -0.2) is 4.57 Å². The molecule has 0 saturated heterocycles. The first kappa shape index (κ1) is 22.6. The van der Waals surface area contributed by atoms with Gasteiger partial charge in [-0.15, -0.1) is 0 Å². The van der Waals surface area contributed by atoms with Crippen molar-refractivity contribution in [1.82, 2.24) is 4.57 Å². The van der Waals surface area contributed by atoms with Gasteiger partial charge in [-0.2, -0.15) is 0 Å². The van der Waals surface area contributed by atoms with Crippen LogP contribution in [0.2, 0.25) is 0 Å². The highest BCUT2D eigenvalue weighted by Gasteiger charge is 2.16. The number of fused-ring (bicyclic) bond motifs is 3. The zero-order valence-electron chi connectivity index (χ0n) is 21.6. The van der Waals surface area contributed by atoms with E-state index in [0.29, 0.717) is 0 Å². The Labute approximate surface area is 224 Å². The Morgan fingerprint density at radius 3 is 2.08 bits per heavy atom. The van der Waals surface area contributed by atoms with Gasteiger partial charge in [0.05, 0.1) is 11.0 Å². The van der Waals surface area contributed by atoms with E-state index in [4.69, 9.17) is 0 Å². The van der Waals surface area contributed by atoms with Crippen molar-refractivity contribution in [3.05, 3.63) is 145 Å². The molecule has 6 aromatic rings. The molecule has 38 heavy (non-hydrogen) atoms. The Kier molecular flexibility index (Phi) is 5.56.